The standard InChI is InChI=1S/C21H28N4O2/c1-17-4-3-5-18(12-17)15-23-16-19-13-20(25-7-10-26-11-8-25)14-21(24-19)27-9-6-22-2/h3-5,12-15,22H,6-11,16H2,1-2H3. The Kier molecular flexibility index (Phi) is 7.19. The first-order chi connectivity index (χ1) is 13.2. The molecule has 1 aliphatic heterocycles. The van der Waals surface area contributed by atoms with Gasteiger partial charge in [-0.15, -0.1) is 0 Å². The highest BCUT2D eigenvalue weighted by Crippen LogP contribution is 2.22. The number of benzene rings is 1. The molecule has 27 heavy (non-hydrogen) atoms. The fourth-order valence-corrected chi connectivity index (χ4v) is 2.96. The lowest BCUT2D eigenvalue weighted by molar-refractivity contribution is 0.122. The van der Waals surface area contributed by atoms with Gasteiger partial charge in [-0.2, -0.15) is 0 Å². The van der Waals surface area contributed by atoms with Gasteiger partial charge in [0.05, 0.1) is 25.5 Å². The van der Waals surface area contributed by atoms with E-state index < -0.39 is 0 Å². The van der Waals surface area contributed by atoms with Crippen molar-refractivity contribution in [2.45, 2.75) is 13.5 Å². The van der Waals surface area contributed by atoms with E-state index in [2.05, 4.69) is 51.4 Å². The fourth-order valence-electron chi connectivity index (χ4n) is 2.96. The lowest BCUT2D eigenvalue weighted by Crippen LogP contribution is -2.36. The normalized spacial score (nSPS) is 14.7. The van der Waals surface area contributed by atoms with E-state index in [0.717, 1.165) is 49.8 Å². The van der Waals surface area contributed by atoms with Crippen LogP contribution in [0.1, 0.15) is 16.8 Å². The highest BCUT2D eigenvalue weighted by atomic mass is 16.5. The highest BCUT2D eigenvalue weighted by molar-refractivity contribution is 5.79. The lowest BCUT2D eigenvalue weighted by atomic mass is 10.1. The molecule has 2 aromatic rings. The van der Waals surface area contributed by atoms with Gasteiger partial charge in [-0.05, 0) is 25.6 Å². The SMILES string of the molecule is CNCCOc1cc(N2CCOCC2)cc(CN=Cc2cccc(C)c2)n1. The van der Waals surface area contributed by atoms with E-state index in [1.807, 2.05) is 25.4 Å². The quantitative estimate of drug-likeness (QED) is 0.573. The monoisotopic (exact) mass is 368 g/mol. The van der Waals surface area contributed by atoms with Crippen LogP contribution in [-0.4, -0.2) is 57.7 Å². The van der Waals surface area contributed by atoms with Crippen LogP contribution in [-0.2, 0) is 11.3 Å². The van der Waals surface area contributed by atoms with Crippen LogP contribution < -0.4 is 15.0 Å². The second-order valence-electron chi connectivity index (χ2n) is 6.59. The van der Waals surface area contributed by atoms with Crippen molar-refractivity contribution in [3.8, 4) is 5.88 Å². The summed E-state index contributed by atoms with van der Waals surface area (Å²) in [5.41, 5.74) is 4.35. The number of likely N-dealkylation sites (N-methyl/N-ethyl adjacent to an activating group) is 1. The summed E-state index contributed by atoms with van der Waals surface area (Å²) in [7, 11) is 1.91. The average Bonchev–Trinajstić information content (AvgIpc) is 2.69. The van der Waals surface area contributed by atoms with E-state index in [1.165, 1.54) is 5.56 Å². The maximum Gasteiger partial charge on any atom is 0.215 e. The maximum absolute atomic E-state index is 5.82. The summed E-state index contributed by atoms with van der Waals surface area (Å²) < 4.78 is 11.3. The van der Waals surface area contributed by atoms with Crippen molar-refractivity contribution >= 4 is 11.9 Å². The van der Waals surface area contributed by atoms with Crippen LogP contribution >= 0.6 is 0 Å². The molecule has 144 valence electrons. The number of anilines is 1. The summed E-state index contributed by atoms with van der Waals surface area (Å²) >= 11 is 0. The van der Waals surface area contributed by atoms with Crippen molar-refractivity contribution in [3.05, 3.63) is 53.2 Å². The summed E-state index contributed by atoms with van der Waals surface area (Å²) in [6.07, 6.45) is 1.90. The topological polar surface area (TPSA) is 59.0 Å². The summed E-state index contributed by atoms with van der Waals surface area (Å²) in [4.78, 5) is 11.5. The van der Waals surface area contributed by atoms with Crippen LogP contribution in [0.2, 0.25) is 0 Å². The molecule has 0 saturated carbocycles. The Morgan fingerprint density at radius 1 is 1.26 bits per heavy atom. The Bertz CT molecular complexity index is 758. The van der Waals surface area contributed by atoms with Gasteiger partial charge in [0.15, 0.2) is 0 Å². The Balaban J connectivity index is 1.74. The van der Waals surface area contributed by atoms with Crippen LogP contribution in [0.25, 0.3) is 0 Å². The molecule has 3 rings (SSSR count). The van der Waals surface area contributed by atoms with Crippen LogP contribution in [0.15, 0.2) is 41.4 Å². The number of nitrogens with one attached hydrogen (secondary N) is 1. The third-order valence-corrected chi connectivity index (χ3v) is 4.35. The number of aliphatic imine (C=N–C) groups is 1. The molecule has 1 aliphatic rings. The third kappa shape index (κ3) is 6.05. The molecule has 1 N–H and O–H groups in total. The smallest absolute Gasteiger partial charge is 0.215 e. The van der Waals surface area contributed by atoms with E-state index >= 15 is 0 Å². The second kappa shape index (κ2) is 10.0. The van der Waals surface area contributed by atoms with Crippen molar-refractivity contribution in [1.82, 2.24) is 10.3 Å². The maximum atomic E-state index is 5.82. The molecule has 1 fully saturated rings. The molecule has 1 saturated heterocycles. The lowest BCUT2D eigenvalue weighted by Gasteiger charge is -2.29. The van der Waals surface area contributed by atoms with Crippen molar-refractivity contribution in [2.75, 3.05) is 51.4 Å². The van der Waals surface area contributed by atoms with Gasteiger partial charge >= 0.3 is 0 Å². The first-order valence-corrected chi connectivity index (χ1v) is 9.42. The summed E-state index contributed by atoms with van der Waals surface area (Å²) in [5.74, 6) is 0.648. The van der Waals surface area contributed by atoms with Gasteiger partial charge in [0, 0.05) is 37.6 Å². The van der Waals surface area contributed by atoms with Crippen LogP contribution in [0.4, 0.5) is 5.69 Å². The molecule has 0 atom stereocenters. The molecule has 0 unspecified atom stereocenters. The van der Waals surface area contributed by atoms with Crippen LogP contribution in [0.5, 0.6) is 5.88 Å². The molecule has 1 aromatic carbocycles. The molecular weight excluding hydrogens is 340 g/mol. The minimum absolute atomic E-state index is 0.522. The molecule has 2 heterocycles. The number of hydrogen-bond acceptors (Lipinski definition) is 6. The average molecular weight is 368 g/mol. The zero-order valence-electron chi connectivity index (χ0n) is 16.1. The number of ether oxygens (including phenoxy) is 2. The zero-order chi connectivity index (χ0) is 18.9. The zero-order valence-corrected chi connectivity index (χ0v) is 16.1. The number of pyridine rings is 1. The van der Waals surface area contributed by atoms with E-state index in [4.69, 9.17) is 9.47 Å². The van der Waals surface area contributed by atoms with Crippen molar-refractivity contribution in [2.24, 2.45) is 4.99 Å². The molecule has 0 spiro atoms. The molecular formula is C21H28N4O2. The summed E-state index contributed by atoms with van der Waals surface area (Å²) in [6, 6.07) is 12.4. The van der Waals surface area contributed by atoms with Gasteiger partial charge < -0.3 is 19.7 Å². The Morgan fingerprint density at radius 3 is 2.89 bits per heavy atom. The first kappa shape index (κ1) is 19.3. The van der Waals surface area contributed by atoms with Crippen LogP contribution in [0, 0.1) is 6.92 Å². The Morgan fingerprint density at radius 2 is 2.11 bits per heavy atom. The fraction of sp³-hybridized carbons (Fsp3) is 0.429. The number of nitrogens with zero attached hydrogens (tertiary/aromatic N) is 3. The number of aryl methyl sites for hydroxylation is 1. The van der Waals surface area contributed by atoms with Gasteiger partial charge in [-0.1, -0.05) is 29.8 Å². The molecule has 0 amide bonds. The number of morpholine rings is 1. The predicted octanol–water partition coefficient (Wildman–Crippen LogP) is 2.44. The molecule has 0 aliphatic carbocycles. The van der Waals surface area contributed by atoms with Gasteiger partial charge in [-0.3, -0.25) is 4.99 Å². The number of aromatic nitrogens is 1. The van der Waals surface area contributed by atoms with Crippen molar-refractivity contribution in [3.63, 3.8) is 0 Å². The Hall–Kier alpha value is -2.44. The van der Waals surface area contributed by atoms with E-state index in [-0.39, 0.29) is 0 Å². The summed E-state index contributed by atoms with van der Waals surface area (Å²) in [6.45, 7) is 7.23. The first-order valence-electron chi connectivity index (χ1n) is 9.42. The highest BCUT2D eigenvalue weighted by Gasteiger charge is 2.14. The van der Waals surface area contributed by atoms with Gasteiger partial charge in [-0.25, -0.2) is 4.98 Å². The van der Waals surface area contributed by atoms with Gasteiger partial charge in [0.25, 0.3) is 0 Å². The van der Waals surface area contributed by atoms with Gasteiger partial charge in [0.2, 0.25) is 5.88 Å². The van der Waals surface area contributed by atoms with E-state index in [9.17, 15) is 0 Å². The summed E-state index contributed by atoms with van der Waals surface area (Å²) in [5, 5.41) is 3.08. The third-order valence-electron chi connectivity index (χ3n) is 4.35. The second-order valence-corrected chi connectivity index (χ2v) is 6.59. The van der Waals surface area contributed by atoms with Crippen molar-refractivity contribution < 1.29 is 9.47 Å². The molecule has 0 radical (unpaired) electrons. The van der Waals surface area contributed by atoms with E-state index in [1.54, 1.807) is 0 Å². The van der Waals surface area contributed by atoms with Gasteiger partial charge in [0.1, 0.15) is 6.61 Å². The minimum atomic E-state index is 0.522. The number of rotatable bonds is 8. The molecule has 1 aromatic heterocycles. The van der Waals surface area contributed by atoms with Crippen LogP contribution in [0.3, 0.4) is 0 Å². The number of hydrogen-bond donors (Lipinski definition) is 1. The Labute approximate surface area is 161 Å². The van der Waals surface area contributed by atoms with E-state index in [0.29, 0.717) is 19.0 Å². The predicted molar refractivity (Wildman–Crippen MR) is 109 cm³/mol. The van der Waals surface area contributed by atoms with Crippen molar-refractivity contribution in [1.29, 1.82) is 0 Å². The molecule has 6 nitrogen and oxygen atoms in total. The minimum Gasteiger partial charge on any atom is -0.476 e. The molecule has 6 heteroatoms. The molecule has 0 bridgehead atoms. The largest absolute Gasteiger partial charge is 0.476 e.